The molecule has 1 aromatic rings. The quantitative estimate of drug-likeness (QED) is 0.806. The number of nitrogens with zero attached hydrogens (tertiary/aromatic N) is 3. The van der Waals surface area contributed by atoms with Crippen LogP contribution in [0.25, 0.3) is 0 Å². The van der Waals surface area contributed by atoms with E-state index in [1.807, 2.05) is 6.07 Å². The van der Waals surface area contributed by atoms with Crippen LogP contribution in [0.15, 0.2) is 24.4 Å². The van der Waals surface area contributed by atoms with E-state index in [0.29, 0.717) is 0 Å². The van der Waals surface area contributed by atoms with Gasteiger partial charge in [0.25, 0.3) is 0 Å². The van der Waals surface area contributed by atoms with E-state index in [4.69, 9.17) is 34.3 Å². The predicted octanol–water partition coefficient (Wildman–Crippen LogP) is 3.33. The summed E-state index contributed by atoms with van der Waals surface area (Å²) in [6, 6.07) is 2.66. The van der Waals surface area contributed by atoms with Gasteiger partial charge < -0.3 is 0 Å². The van der Waals surface area contributed by atoms with E-state index in [1.54, 1.807) is 0 Å². The normalized spacial score (nSPS) is 19.4. The van der Waals surface area contributed by atoms with Crippen LogP contribution in [0.3, 0.4) is 0 Å². The number of nitrogens with two attached hydrogens (primary N) is 1. The molecular formula is C11H7Cl2F3N4. The van der Waals surface area contributed by atoms with Crippen LogP contribution in [0.5, 0.6) is 0 Å². The lowest BCUT2D eigenvalue weighted by molar-refractivity contribution is -0.137. The van der Waals surface area contributed by atoms with Gasteiger partial charge in [0.1, 0.15) is 0 Å². The molecule has 1 aliphatic rings. The molecule has 0 spiro atoms. The average Bonchev–Trinajstić information content (AvgIpc) is 2.69. The third kappa shape index (κ3) is 2.55. The van der Waals surface area contributed by atoms with Crippen LogP contribution >= 0.6 is 23.2 Å². The van der Waals surface area contributed by atoms with Gasteiger partial charge in [-0.3, -0.25) is 5.01 Å². The van der Waals surface area contributed by atoms with Gasteiger partial charge in [-0.15, -0.1) is 5.12 Å². The number of rotatable bonds is 1. The molecule has 1 unspecified atom stereocenters. The summed E-state index contributed by atoms with van der Waals surface area (Å²) in [5, 5.41) is 10.6. The molecule has 20 heavy (non-hydrogen) atoms. The molecule has 0 bridgehead atoms. The first-order valence-electron chi connectivity index (χ1n) is 5.23. The van der Waals surface area contributed by atoms with Gasteiger partial charge in [0.2, 0.25) is 0 Å². The Hall–Kier alpha value is -1.46. The second-order valence-electron chi connectivity index (χ2n) is 3.93. The fourth-order valence-electron chi connectivity index (χ4n) is 1.70. The minimum atomic E-state index is -4.55. The van der Waals surface area contributed by atoms with E-state index in [9.17, 15) is 13.2 Å². The Balaban J connectivity index is 2.46. The summed E-state index contributed by atoms with van der Waals surface area (Å²) in [5.74, 6) is 5.66. The maximum Gasteiger partial charge on any atom is 0.416 e. The van der Waals surface area contributed by atoms with Gasteiger partial charge in [-0.05, 0) is 18.2 Å². The van der Waals surface area contributed by atoms with E-state index in [0.717, 1.165) is 17.3 Å². The average molecular weight is 323 g/mol. The second-order valence-corrected chi connectivity index (χ2v) is 4.74. The molecule has 2 N–H and O–H groups in total. The molecule has 0 saturated carbocycles. The molecule has 1 aromatic carbocycles. The van der Waals surface area contributed by atoms with Crippen molar-refractivity contribution in [2.24, 2.45) is 5.84 Å². The maximum absolute atomic E-state index is 12.6. The Kier molecular flexibility index (Phi) is 3.84. The number of hydrogen-bond donors (Lipinski definition) is 1. The fraction of sp³-hybridized carbons (Fsp3) is 0.182. The molecular weight excluding hydrogens is 316 g/mol. The van der Waals surface area contributed by atoms with Crippen LogP contribution in [0.1, 0.15) is 5.56 Å². The number of benzene rings is 1. The van der Waals surface area contributed by atoms with Gasteiger partial charge >= 0.3 is 6.18 Å². The van der Waals surface area contributed by atoms with Gasteiger partial charge in [0.05, 0.1) is 27.4 Å². The van der Waals surface area contributed by atoms with E-state index in [1.165, 1.54) is 17.3 Å². The minimum Gasteiger partial charge on any atom is -0.264 e. The highest BCUT2D eigenvalue weighted by molar-refractivity contribution is 6.39. The maximum atomic E-state index is 12.6. The highest BCUT2D eigenvalue weighted by Crippen LogP contribution is 2.41. The largest absolute Gasteiger partial charge is 0.416 e. The zero-order valence-corrected chi connectivity index (χ0v) is 11.2. The van der Waals surface area contributed by atoms with Gasteiger partial charge in [0, 0.05) is 6.20 Å². The molecule has 0 fully saturated rings. The molecule has 0 radical (unpaired) electrons. The van der Waals surface area contributed by atoms with E-state index < -0.39 is 17.8 Å². The second kappa shape index (κ2) is 5.14. The number of alkyl halides is 3. The number of nitriles is 1. The van der Waals surface area contributed by atoms with E-state index >= 15 is 0 Å². The molecule has 0 aromatic heterocycles. The van der Waals surface area contributed by atoms with Crippen molar-refractivity contribution >= 4 is 28.9 Å². The van der Waals surface area contributed by atoms with Crippen molar-refractivity contribution in [1.29, 1.82) is 5.26 Å². The Morgan fingerprint density at radius 2 is 1.80 bits per heavy atom. The first-order valence-corrected chi connectivity index (χ1v) is 5.98. The third-order valence-corrected chi connectivity index (χ3v) is 3.23. The van der Waals surface area contributed by atoms with Crippen molar-refractivity contribution in [2.45, 2.75) is 12.2 Å². The van der Waals surface area contributed by atoms with E-state index in [-0.39, 0.29) is 15.7 Å². The minimum absolute atomic E-state index is 0.0813. The standard InChI is InChI=1S/C11H7Cl2F3N4/c12-8-3-6(11(14,15)16)4-9(13)10(8)19-2-1-7(5-17)20(19)18/h1-4,7H,18H2. The van der Waals surface area contributed by atoms with Crippen molar-refractivity contribution in [3.63, 3.8) is 0 Å². The zero-order chi connectivity index (χ0) is 15.1. The highest BCUT2D eigenvalue weighted by Gasteiger charge is 2.34. The summed E-state index contributed by atoms with van der Waals surface area (Å²) < 4.78 is 37.9. The summed E-state index contributed by atoms with van der Waals surface area (Å²) in [4.78, 5) is 0. The Bertz CT molecular complexity index is 586. The van der Waals surface area contributed by atoms with Gasteiger partial charge in [-0.1, -0.05) is 23.2 Å². The SMILES string of the molecule is N#CC1C=CN(c2c(Cl)cc(C(F)(F)F)cc2Cl)N1N. The van der Waals surface area contributed by atoms with Gasteiger partial charge in [-0.25, -0.2) is 5.84 Å². The third-order valence-electron chi connectivity index (χ3n) is 2.65. The molecule has 9 heteroatoms. The molecule has 0 aliphatic carbocycles. The molecule has 1 heterocycles. The Morgan fingerprint density at radius 3 is 2.20 bits per heavy atom. The van der Waals surface area contributed by atoms with Gasteiger partial charge in [0.15, 0.2) is 6.04 Å². The monoisotopic (exact) mass is 322 g/mol. The highest BCUT2D eigenvalue weighted by atomic mass is 35.5. The summed E-state index contributed by atoms with van der Waals surface area (Å²) in [6.07, 6.45) is -1.68. The predicted molar refractivity (Wildman–Crippen MR) is 68.5 cm³/mol. The van der Waals surface area contributed by atoms with Crippen molar-refractivity contribution in [2.75, 3.05) is 5.01 Å². The van der Waals surface area contributed by atoms with Crippen LogP contribution in [-0.2, 0) is 6.18 Å². The first-order chi connectivity index (χ1) is 9.25. The summed E-state index contributed by atoms with van der Waals surface area (Å²) in [6.45, 7) is 0. The lowest BCUT2D eigenvalue weighted by atomic mass is 10.2. The number of halogens is 5. The first kappa shape index (κ1) is 14.9. The summed E-state index contributed by atoms with van der Waals surface area (Å²) in [7, 11) is 0. The molecule has 106 valence electrons. The van der Waals surface area contributed by atoms with E-state index in [2.05, 4.69) is 0 Å². The lowest BCUT2D eigenvalue weighted by Gasteiger charge is -2.28. The Labute approximate surface area is 122 Å². The number of hydrazine groups is 2. The number of hydrogen-bond acceptors (Lipinski definition) is 4. The summed E-state index contributed by atoms with van der Waals surface area (Å²) in [5.41, 5.74) is -0.877. The number of anilines is 1. The fourth-order valence-corrected chi connectivity index (χ4v) is 2.36. The van der Waals surface area contributed by atoms with Crippen molar-refractivity contribution in [3.8, 4) is 6.07 Å². The molecule has 0 saturated heterocycles. The molecule has 1 atom stereocenters. The Morgan fingerprint density at radius 1 is 1.25 bits per heavy atom. The summed E-state index contributed by atoms with van der Waals surface area (Å²) >= 11 is 11.7. The van der Waals surface area contributed by atoms with Gasteiger partial charge in [-0.2, -0.15) is 18.4 Å². The molecule has 0 amide bonds. The van der Waals surface area contributed by atoms with Crippen LogP contribution in [0, 0.1) is 11.3 Å². The van der Waals surface area contributed by atoms with Crippen LogP contribution in [0.4, 0.5) is 18.9 Å². The van der Waals surface area contributed by atoms with Crippen LogP contribution in [-0.4, -0.2) is 11.2 Å². The zero-order valence-electron chi connectivity index (χ0n) is 9.70. The lowest BCUT2D eigenvalue weighted by Crippen LogP contribution is -2.46. The van der Waals surface area contributed by atoms with Crippen molar-refractivity contribution < 1.29 is 13.2 Å². The molecule has 1 aliphatic heterocycles. The molecule has 4 nitrogen and oxygen atoms in total. The smallest absolute Gasteiger partial charge is 0.264 e. The van der Waals surface area contributed by atoms with Crippen LogP contribution in [0.2, 0.25) is 10.0 Å². The van der Waals surface area contributed by atoms with Crippen molar-refractivity contribution in [3.05, 3.63) is 40.0 Å². The molecule has 2 rings (SSSR count). The topological polar surface area (TPSA) is 56.3 Å². The van der Waals surface area contributed by atoms with Crippen LogP contribution < -0.4 is 10.9 Å². The van der Waals surface area contributed by atoms with Crippen molar-refractivity contribution in [1.82, 2.24) is 5.12 Å².